The van der Waals surface area contributed by atoms with E-state index in [9.17, 15) is 9.59 Å². The van der Waals surface area contributed by atoms with Crippen LogP contribution in [-0.2, 0) is 14.2 Å². The maximum atomic E-state index is 10.8. The van der Waals surface area contributed by atoms with E-state index in [4.69, 9.17) is 9.47 Å². The van der Waals surface area contributed by atoms with Gasteiger partial charge in [0.1, 0.15) is 12.2 Å². The number of hydrogen-bond donors (Lipinski definition) is 0. The van der Waals surface area contributed by atoms with Gasteiger partial charge < -0.3 is 14.2 Å². The molecule has 1 fully saturated rings. The van der Waals surface area contributed by atoms with E-state index in [0.29, 0.717) is 12.8 Å². The summed E-state index contributed by atoms with van der Waals surface area (Å²) in [6.45, 7) is 3.48. The topological polar surface area (TPSA) is 61.8 Å². The van der Waals surface area contributed by atoms with Crippen molar-refractivity contribution in [3.63, 3.8) is 0 Å². The van der Waals surface area contributed by atoms with Gasteiger partial charge in [-0.25, -0.2) is 9.59 Å². The summed E-state index contributed by atoms with van der Waals surface area (Å²) in [4.78, 5) is 21.5. The van der Waals surface area contributed by atoms with E-state index in [1.165, 1.54) is 0 Å². The normalized spacial score (nSPS) is 30.3. The molecule has 0 spiro atoms. The summed E-state index contributed by atoms with van der Waals surface area (Å²) in [6.07, 6.45) is -1.17. The zero-order chi connectivity index (χ0) is 9.84. The molecule has 0 saturated carbocycles. The van der Waals surface area contributed by atoms with Crippen molar-refractivity contribution in [1.82, 2.24) is 0 Å². The van der Waals surface area contributed by atoms with Gasteiger partial charge in [-0.15, -0.1) is 0 Å². The molecule has 1 saturated heterocycles. The van der Waals surface area contributed by atoms with Crippen LogP contribution in [0.15, 0.2) is 0 Å². The molecular weight excluding hydrogens is 176 g/mol. The lowest BCUT2D eigenvalue weighted by Gasteiger charge is -2.10. The highest BCUT2D eigenvalue weighted by atomic mass is 16.8. The molecule has 1 aliphatic heterocycles. The monoisotopic (exact) mass is 188 g/mol. The molecule has 1 aliphatic rings. The van der Waals surface area contributed by atoms with Gasteiger partial charge in [0.2, 0.25) is 0 Å². The van der Waals surface area contributed by atoms with Crippen LogP contribution in [0.4, 0.5) is 9.59 Å². The molecule has 5 nitrogen and oxygen atoms in total. The SMILES string of the molecule is CC1CCC(C)OC(=O)OC(=O)O1. The largest absolute Gasteiger partial charge is 0.518 e. The number of ether oxygens (including phenoxy) is 3. The predicted molar refractivity (Wildman–Crippen MR) is 42.2 cm³/mol. The van der Waals surface area contributed by atoms with Gasteiger partial charge in [-0.1, -0.05) is 0 Å². The summed E-state index contributed by atoms with van der Waals surface area (Å²) in [5.74, 6) is 0. The van der Waals surface area contributed by atoms with E-state index < -0.39 is 12.3 Å². The van der Waals surface area contributed by atoms with Crippen molar-refractivity contribution in [1.29, 1.82) is 0 Å². The van der Waals surface area contributed by atoms with Crippen LogP contribution in [0.5, 0.6) is 0 Å². The van der Waals surface area contributed by atoms with E-state index in [0.717, 1.165) is 0 Å². The number of rotatable bonds is 0. The van der Waals surface area contributed by atoms with Gasteiger partial charge in [0, 0.05) is 0 Å². The zero-order valence-electron chi connectivity index (χ0n) is 7.61. The van der Waals surface area contributed by atoms with Gasteiger partial charge in [-0.2, -0.15) is 0 Å². The molecule has 0 N–H and O–H groups in total. The summed E-state index contributed by atoms with van der Waals surface area (Å²) >= 11 is 0. The second kappa shape index (κ2) is 4.11. The van der Waals surface area contributed by atoms with Crippen LogP contribution in [0.3, 0.4) is 0 Å². The van der Waals surface area contributed by atoms with E-state index in [1.807, 2.05) is 0 Å². The van der Waals surface area contributed by atoms with Crippen molar-refractivity contribution in [2.24, 2.45) is 0 Å². The molecule has 0 aromatic heterocycles. The molecular formula is C8H12O5. The Balaban J connectivity index is 2.57. The summed E-state index contributed by atoms with van der Waals surface area (Å²) in [5, 5.41) is 0. The van der Waals surface area contributed by atoms with E-state index in [2.05, 4.69) is 4.74 Å². The van der Waals surface area contributed by atoms with Gasteiger partial charge in [-0.3, -0.25) is 0 Å². The lowest BCUT2D eigenvalue weighted by Crippen LogP contribution is -2.18. The third kappa shape index (κ3) is 3.31. The highest BCUT2D eigenvalue weighted by Crippen LogP contribution is 2.11. The Labute approximate surface area is 76.0 Å². The molecule has 0 aromatic carbocycles. The summed E-state index contributed by atoms with van der Waals surface area (Å²) in [7, 11) is 0. The summed E-state index contributed by atoms with van der Waals surface area (Å²) < 4.78 is 13.6. The van der Waals surface area contributed by atoms with Crippen molar-refractivity contribution in [2.45, 2.75) is 38.9 Å². The summed E-state index contributed by atoms with van der Waals surface area (Å²) in [6, 6.07) is 0. The first-order valence-electron chi connectivity index (χ1n) is 4.17. The molecule has 0 aromatic rings. The predicted octanol–water partition coefficient (Wildman–Crippen LogP) is 1.85. The molecule has 74 valence electrons. The van der Waals surface area contributed by atoms with Crippen LogP contribution >= 0.6 is 0 Å². The first-order chi connectivity index (χ1) is 6.08. The minimum atomic E-state index is -0.994. The van der Waals surface area contributed by atoms with E-state index in [1.54, 1.807) is 13.8 Å². The lowest BCUT2D eigenvalue weighted by atomic mass is 10.1. The molecule has 13 heavy (non-hydrogen) atoms. The van der Waals surface area contributed by atoms with Crippen LogP contribution in [-0.4, -0.2) is 24.5 Å². The highest BCUT2D eigenvalue weighted by Gasteiger charge is 2.22. The van der Waals surface area contributed by atoms with Crippen LogP contribution in [0.25, 0.3) is 0 Å². The second-order valence-electron chi connectivity index (χ2n) is 3.04. The Morgan fingerprint density at radius 2 is 1.38 bits per heavy atom. The van der Waals surface area contributed by atoms with Crippen molar-refractivity contribution < 1.29 is 23.8 Å². The summed E-state index contributed by atoms with van der Waals surface area (Å²) in [5.41, 5.74) is 0. The first-order valence-corrected chi connectivity index (χ1v) is 4.17. The zero-order valence-corrected chi connectivity index (χ0v) is 7.61. The van der Waals surface area contributed by atoms with Gasteiger partial charge >= 0.3 is 12.3 Å². The third-order valence-electron chi connectivity index (χ3n) is 1.74. The van der Waals surface area contributed by atoms with Crippen molar-refractivity contribution >= 4 is 12.3 Å². The van der Waals surface area contributed by atoms with Crippen LogP contribution in [0.1, 0.15) is 26.7 Å². The van der Waals surface area contributed by atoms with Gasteiger partial charge in [-0.05, 0) is 26.7 Å². The van der Waals surface area contributed by atoms with Crippen LogP contribution in [0, 0.1) is 0 Å². The fourth-order valence-corrected chi connectivity index (χ4v) is 1.03. The average molecular weight is 188 g/mol. The standard InChI is InChI=1S/C8H12O5/c1-5-3-4-6(2)12-8(10)13-7(9)11-5/h5-6H,3-4H2,1-2H3. The van der Waals surface area contributed by atoms with Crippen molar-refractivity contribution in [3.8, 4) is 0 Å². The van der Waals surface area contributed by atoms with E-state index in [-0.39, 0.29) is 12.2 Å². The second-order valence-corrected chi connectivity index (χ2v) is 3.04. The Morgan fingerprint density at radius 1 is 1.00 bits per heavy atom. The molecule has 1 rings (SSSR count). The maximum absolute atomic E-state index is 10.8. The van der Waals surface area contributed by atoms with Crippen LogP contribution < -0.4 is 0 Å². The number of hydrogen-bond acceptors (Lipinski definition) is 5. The van der Waals surface area contributed by atoms with Gasteiger partial charge in [0.25, 0.3) is 0 Å². The highest BCUT2D eigenvalue weighted by molar-refractivity contribution is 5.77. The third-order valence-corrected chi connectivity index (χ3v) is 1.74. The van der Waals surface area contributed by atoms with Gasteiger partial charge in [0.05, 0.1) is 0 Å². The van der Waals surface area contributed by atoms with Gasteiger partial charge in [0.15, 0.2) is 0 Å². The van der Waals surface area contributed by atoms with E-state index >= 15 is 0 Å². The molecule has 1 heterocycles. The lowest BCUT2D eigenvalue weighted by molar-refractivity contribution is 0.0226. The quantitative estimate of drug-likeness (QED) is 0.428. The Hall–Kier alpha value is -1.26. The number of carbonyl (C=O) groups is 2. The molecule has 5 heteroatoms. The molecule has 0 bridgehead atoms. The Kier molecular flexibility index (Phi) is 3.11. The molecule has 0 aliphatic carbocycles. The molecule has 2 atom stereocenters. The fourth-order valence-electron chi connectivity index (χ4n) is 1.03. The fraction of sp³-hybridized carbons (Fsp3) is 0.750. The smallest absolute Gasteiger partial charge is 0.431 e. The minimum absolute atomic E-state index is 0.246. The Bertz CT molecular complexity index is 191. The average Bonchev–Trinajstić information content (AvgIpc) is 2.02. The van der Waals surface area contributed by atoms with Crippen molar-refractivity contribution in [2.75, 3.05) is 0 Å². The minimum Gasteiger partial charge on any atom is -0.431 e. The number of carbonyl (C=O) groups excluding carboxylic acids is 2. The number of cyclic esters (lactones) is 4. The molecule has 0 radical (unpaired) electrons. The van der Waals surface area contributed by atoms with Crippen molar-refractivity contribution in [3.05, 3.63) is 0 Å². The Morgan fingerprint density at radius 3 is 1.77 bits per heavy atom. The van der Waals surface area contributed by atoms with Crippen LogP contribution in [0.2, 0.25) is 0 Å². The molecule has 0 amide bonds. The maximum Gasteiger partial charge on any atom is 0.518 e. The molecule has 2 unspecified atom stereocenters. The first kappa shape index (κ1) is 9.83.